The van der Waals surface area contributed by atoms with E-state index in [-0.39, 0.29) is 0 Å². The van der Waals surface area contributed by atoms with Crippen molar-refractivity contribution in [2.45, 2.75) is 38.8 Å². The summed E-state index contributed by atoms with van der Waals surface area (Å²) < 4.78 is 0. The lowest BCUT2D eigenvalue weighted by atomic mass is 9.95. The molecule has 5 rings (SSSR count). The molecule has 1 fully saturated rings. The fourth-order valence-electron chi connectivity index (χ4n) is 4.66. The number of rotatable bonds is 4. The molecule has 0 atom stereocenters. The van der Waals surface area contributed by atoms with Gasteiger partial charge in [0.15, 0.2) is 0 Å². The average Bonchev–Trinajstić information content (AvgIpc) is 2.81. The van der Waals surface area contributed by atoms with Crippen molar-refractivity contribution in [1.29, 1.82) is 0 Å². The molecule has 0 unspecified atom stereocenters. The smallest absolute Gasteiger partial charge is 0.135 e. The zero-order valence-electron chi connectivity index (χ0n) is 17.6. The minimum Gasteiger partial charge on any atom is -0.356 e. The number of benzene rings is 2. The van der Waals surface area contributed by atoms with Gasteiger partial charge in [0.1, 0.15) is 18.0 Å². The van der Waals surface area contributed by atoms with Gasteiger partial charge in [-0.25, -0.2) is 9.97 Å². The van der Waals surface area contributed by atoms with Crippen LogP contribution in [0.4, 0.5) is 17.3 Å². The Labute approximate surface area is 178 Å². The van der Waals surface area contributed by atoms with Crippen LogP contribution < -0.4 is 10.2 Å². The molecule has 30 heavy (non-hydrogen) atoms. The van der Waals surface area contributed by atoms with Gasteiger partial charge in [0, 0.05) is 44.0 Å². The SMILES string of the molecule is Cc1ccc(Nc2cc(N3CCC(N4CCc5ccccc5C4)CC3)ncn2)cc1. The van der Waals surface area contributed by atoms with E-state index in [1.807, 2.05) is 0 Å². The van der Waals surface area contributed by atoms with Gasteiger partial charge in [-0.15, -0.1) is 0 Å². The molecule has 1 N–H and O–H groups in total. The Bertz CT molecular complexity index is 992. The van der Waals surface area contributed by atoms with Gasteiger partial charge >= 0.3 is 0 Å². The first-order valence-corrected chi connectivity index (χ1v) is 11.0. The van der Waals surface area contributed by atoms with Crippen LogP contribution in [-0.2, 0) is 13.0 Å². The first-order chi connectivity index (χ1) is 14.7. The summed E-state index contributed by atoms with van der Waals surface area (Å²) in [6, 6.07) is 20.0. The average molecular weight is 400 g/mol. The highest BCUT2D eigenvalue weighted by atomic mass is 15.2. The van der Waals surface area contributed by atoms with Gasteiger partial charge in [-0.05, 0) is 49.4 Å². The number of hydrogen-bond acceptors (Lipinski definition) is 5. The second-order valence-corrected chi connectivity index (χ2v) is 8.46. The minimum absolute atomic E-state index is 0.668. The van der Waals surface area contributed by atoms with Gasteiger partial charge < -0.3 is 10.2 Å². The van der Waals surface area contributed by atoms with Crippen molar-refractivity contribution in [1.82, 2.24) is 14.9 Å². The van der Waals surface area contributed by atoms with E-state index in [9.17, 15) is 0 Å². The van der Waals surface area contributed by atoms with E-state index in [1.165, 1.54) is 42.5 Å². The summed E-state index contributed by atoms with van der Waals surface area (Å²) in [4.78, 5) is 14.0. The predicted octanol–water partition coefficient (Wildman–Crippen LogP) is 4.56. The summed E-state index contributed by atoms with van der Waals surface area (Å²) in [7, 11) is 0. The molecule has 1 saturated heterocycles. The maximum atomic E-state index is 4.55. The Balaban J connectivity index is 1.20. The zero-order chi connectivity index (χ0) is 20.3. The van der Waals surface area contributed by atoms with Gasteiger partial charge in [-0.2, -0.15) is 0 Å². The largest absolute Gasteiger partial charge is 0.356 e. The number of nitrogens with zero attached hydrogens (tertiary/aromatic N) is 4. The van der Waals surface area contributed by atoms with Crippen LogP contribution >= 0.6 is 0 Å². The summed E-state index contributed by atoms with van der Waals surface area (Å²) in [5.41, 5.74) is 5.34. The van der Waals surface area contributed by atoms with Crippen LogP contribution in [0.3, 0.4) is 0 Å². The highest BCUT2D eigenvalue weighted by Crippen LogP contribution is 2.27. The van der Waals surface area contributed by atoms with Crippen LogP contribution in [0.2, 0.25) is 0 Å². The molecule has 0 saturated carbocycles. The van der Waals surface area contributed by atoms with Crippen LogP contribution in [0.5, 0.6) is 0 Å². The third-order valence-corrected chi connectivity index (χ3v) is 6.44. The van der Waals surface area contributed by atoms with Crippen molar-refractivity contribution in [3.63, 3.8) is 0 Å². The van der Waals surface area contributed by atoms with Gasteiger partial charge in [-0.1, -0.05) is 42.0 Å². The number of hydrogen-bond donors (Lipinski definition) is 1. The van der Waals surface area contributed by atoms with Gasteiger partial charge in [0.2, 0.25) is 0 Å². The maximum Gasteiger partial charge on any atom is 0.135 e. The van der Waals surface area contributed by atoms with Crippen LogP contribution in [0.15, 0.2) is 60.9 Å². The molecule has 2 aromatic carbocycles. The Morgan fingerprint density at radius 1 is 0.900 bits per heavy atom. The summed E-state index contributed by atoms with van der Waals surface area (Å²) in [5, 5.41) is 3.39. The molecule has 0 aliphatic carbocycles. The standard InChI is InChI=1S/C25H29N5/c1-19-6-8-22(9-7-19)28-24-16-25(27-18-26-24)29-14-11-23(12-15-29)30-13-10-20-4-2-3-5-21(20)17-30/h2-9,16,18,23H,10-15,17H2,1H3,(H,26,27,28). The fraction of sp³-hybridized carbons (Fsp3) is 0.360. The lowest BCUT2D eigenvalue weighted by Gasteiger charge is -2.41. The molecule has 0 spiro atoms. The summed E-state index contributed by atoms with van der Waals surface area (Å²) in [5.74, 6) is 1.86. The first-order valence-electron chi connectivity index (χ1n) is 11.0. The fourth-order valence-corrected chi connectivity index (χ4v) is 4.66. The van der Waals surface area contributed by atoms with Crippen molar-refractivity contribution < 1.29 is 0 Å². The lowest BCUT2D eigenvalue weighted by molar-refractivity contribution is 0.153. The van der Waals surface area contributed by atoms with E-state index in [0.29, 0.717) is 6.04 Å². The van der Waals surface area contributed by atoms with Crippen molar-refractivity contribution in [2.75, 3.05) is 29.9 Å². The Morgan fingerprint density at radius 2 is 1.67 bits per heavy atom. The van der Waals surface area contributed by atoms with E-state index in [4.69, 9.17) is 0 Å². The Hall–Kier alpha value is -2.92. The topological polar surface area (TPSA) is 44.3 Å². The van der Waals surface area contributed by atoms with Crippen molar-refractivity contribution in [3.05, 3.63) is 77.6 Å². The summed E-state index contributed by atoms with van der Waals surface area (Å²) in [6.45, 7) is 6.46. The van der Waals surface area contributed by atoms with Gasteiger partial charge in [0.05, 0.1) is 0 Å². The molecule has 3 heterocycles. The van der Waals surface area contributed by atoms with Crippen LogP contribution in [0, 0.1) is 6.92 Å². The summed E-state index contributed by atoms with van der Waals surface area (Å²) in [6.07, 6.45) is 5.22. The molecular formula is C25H29N5. The highest BCUT2D eigenvalue weighted by Gasteiger charge is 2.27. The number of nitrogens with one attached hydrogen (secondary N) is 1. The van der Waals surface area contributed by atoms with E-state index in [1.54, 1.807) is 6.33 Å². The van der Waals surface area contributed by atoms with E-state index in [2.05, 4.69) is 86.6 Å². The molecule has 0 radical (unpaired) electrons. The second-order valence-electron chi connectivity index (χ2n) is 8.46. The highest BCUT2D eigenvalue weighted by molar-refractivity contribution is 5.59. The number of aromatic nitrogens is 2. The summed E-state index contributed by atoms with van der Waals surface area (Å²) >= 11 is 0. The molecule has 2 aliphatic rings. The third-order valence-electron chi connectivity index (χ3n) is 6.44. The van der Waals surface area contributed by atoms with Crippen LogP contribution in [0.25, 0.3) is 0 Å². The minimum atomic E-state index is 0.668. The zero-order valence-corrected chi connectivity index (χ0v) is 17.6. The van der Waals surface area contributed by atoms with Gasteiger partial charge in [0.25, 0.3) is 0 Å². The Morgan fingerprint density at radius 3 is 2.47 bits per heavy atom. The monoisotopic (exact) mass is 399 g/mol. The van der Waals surface area contributed by atoms with Crippen LogP contribution in [-0.4, -0.2) is 40.5 Å². The van der Waals surface area contributed by atoms with Crippen molar-refractivity contribution >= 4 is 17.3 Å². The second kappa shape index (κ2) is 8.44. The maximum absolute atomic E-state index is 4.55. The molecule has 3 aromatic rings. The van der Waals surface area contributed by atoms with Crippen molar-refractivity contribution in [3.8, 4) is 0 Å². The third kappa shape index (κ3) is 4.17. The first kappa shape index (κ1) is 19.1. The number of anilines is 3. The van der Waals surface area contributed by atoms with Crippen LogP contribution in [0.1, 0.15) is 29.5 Å². The molecule has 154 valence electrons. The van der Waals surface area contributed by atoms with E-state index < -0.39 is 0 Å². The number of aryl methyl sites for hydroxylation is 1. The molecule has 2 aliphatic heterocycles. The predicted molar refractivity (Wildman–Crippen MR) is 122 cm³/mol. The molecule has 5 nitrogen and oxygen atoms in total. The van der Waals surface area contributed by atoms with Gasteiger partial charge in [-0.3, -0.25) is 4.90 Å². The normalized spacial score (nSPS) is 17.6. The molecule has 5 heteroatoms. The molecule has 1 aromatic heterocycles. The number of fused-ring (bicyclic) bond motifs is 1. The molecule has 0 amide bonds. The van der Waals surface area contributed by atoms with Crippen molar-refractivity contribution in [2.24, 2.45) is 0 Å². The molecular weight excluding hydrogens is 370 g/mol. The Kier molecular flexibility index (Phi) is 5.37. The van der Waals surface area contributed by atoms with E-state index >= 15 is 0 Å². The quantitative estimate of drug-likeness (QED) is 0.697. The molecule has 0 bridgehead atoms. The number of piperidine rings is 1. The lowest BCUT2D eigenvalue weighted by Crippen LogP contribution is -2.46. The van der Waals surface area contributed by atoms with E-state index in [0.717, 1.165) is 37.0 Å².